The van der Waals surface area contributed by atoms with Crippen molar-refractivity contribution in [3.63, 3.8) is 0 Å². The molecule has 0 fully saturated rings. The summed E-state index contributed by atoms with van der Waals surface area (Å²) in [6, 6.07) is 10.9. The van der Waals surface area contributed by atoms with Gasteiger partial charge in [-0.15, -0.1) is 11.3 Å². The zero-order valence-electron chi connectivity index (χ0n) is 8.94. The number of benzene rings is 1. The van der Waals surface area contributed by atoms with Crippen molar-refractivity contribution in [1.82, 2.24) is 0 Å². The fraction of sp³-hybridized carbons (Fsp3) is 0.0833. The van der Waals surface area contributed by atoms with Crippen LogP contribution >= 0.6 is 22.9 Å². The highest BCUT2D eigenvalue weighted by molar-refractivity contribution is 7.16. The lowest BCUT2D eigenvalue weighted by atomic mass is 10.2. The Balaban J connectivity index is 1.97. The molecule has 0 aliphatic carbocycles. The molecule has 1 heterocycles. The minimum absolute atomic E-state index is 0.0570. The Morgan fingerprint density at radius 1 is 1.24 bits per heavy atom. The van der Waals surface area contributed by atoms with Crippen LogP contribution in [0.25, 0.3) is 0 Å². The Labute approximate surface area is 108 Å². The van der Waals surface area contributed by atoms with E-state index in [1.54, 1.807) is 24.3 Å². The summed E-state index contributed by atoms with van der Waals surface area (Å²) in [6.07, 6.45) is 0. The van der Waals surface area contributed by atoms with Gasteiger partial charge in [0.2, 0.25) is 0 Å². The molecule has 0 unspecified atom stereocenters. The Bertz CT molecular complexity index is 522. The van der Waals surface area contributed by atoms with Crippen molar-refractivity contribution in [2.24, 2.45) is 5.73 Å². The molecule has 0 saturated carbocycles. The lowest BCUT2D eigenvalue weighted by molar-refractivity contribution is 0.310. The first kappa shape index (κ1) is 12.0. The number of nitrogens with one attached hydrogen (secondary N) is 1. The van der Waals surface area contributed by atoms with Gasteiger partial charge in [-0.25, -0.2) is 0 Å². The van der Waals surface area contributed by atoms with Gasteiger partial charge in [-0.2, -0.15) is 0 Å². The molecule has 1 aromatic carbocycles. The molecule has 2 aromatic rings. The number of nitrogens with two attached hydrogens (primary N) is 1. The maximum Gasteiger partial charge on any atom is 0.122 e. The van der Waals surface area contributed by atoms with E-state index in [-0.39, 0.29) is 5.84 Å². The number of halogens is 1. The monoisotopic (exact) mass is 266 g/mol. The summed E-state index contributed by atoms with van der Waals surface area (Å²) in [5.74, 6) is 0.807. The Morgan fingerprint density at radius 2 is 1.94 bits per heavy atom. The smallest absolute Gasteiger partial charge is 0.122 e. The van der Waals surface area contributed by atoms with Crippen molar-refractivity contribution >= 4 is 28.8 Å². The molecule has 17 heavy (non-hydrogen) atoms. The van der Waals surface area contributed by atoms with Crippen LogP contribution in [0.4, 0.5) is 0 Å². The van der Waals surface area contributed by atoms with Crippen LogP contribution in [0.15, 0.2) is 36.4 Å². The van der Waals surface area contributed by atoms with E-state index >= 15 is 0 Å². The van der Waals surface area contributed by atoms with Gasteiger partial charge in [-0.1, -0.05) is 11.6 Å². The highest BCUT2D eigenvalue weighted by Crippen LogP contribution is 2.23. The van der Waals surface area contributed by atoms with Crippen LogP contribution < -0.4 is 10.5 Å². The maximum absolute atomic E-state index is 7.27. The summed E-state index contributed by atoms with van der Waals surface area (Å²) in [5.41, 5.74) is 6.05. The van der Waals surface area contributed by atoms with Crippen molar-refractivity contribution < 1.29 is 4.74 Å². The summed E-state index contributed by atoms with van der Waals surface area (Å²) in [7, 11) is 0. The first-order valence-electron chi connectivity index (χ1n) is 4.96. The molecule has 0 amide bonds. The minimum atomic E-state index is 0.0570. The minimum Gasteiger partial charge on any atom is -0.488 e. The average molecular weight is 267 g/mol. The van der Waals surface area contributed by atoms with E-state index in [2.05, 4.69) is 0 Å². The summed E-state index contributed by atoms with van der Waals surface area (Å²) in [4.78, 5) is 1.07. The fourth-order valence-corrected chi connectivity index (χ4v) is 2.32. The predicted octanol–water partition coefficient (Wildman–Crippen LogP) is 3.26. The highest BCUT2D eigenvalue weighted by atomic mass is 35.5. The second-order valence-electron chi connectivity index (χ2n) is 3.43. The van der Waals surface area contributed by atoms with E-state index in [9.17, 15) is 0 Å². The molecule has 0 radical (unpaired) electrons. The van der Waals surface area contributed by atoms with Crippen LogP contribution in [0.1, 0.15) is 10.4 Å². The number of ether oxygens (including phenoxy) is 1. The van der Waals surface area contributed by atoms with Gasteiger partial charge in [0.15, 0.2) is 0 Å². The summed E-state index contributed by atoms with van der Waals surface area (Å²) in [5, 5.41) is 7.27. The molecule has 0 spiro atoms. The van der Waals surface area contributed by atoms with E-state index in [4.69, 9.17) is 27.5 Å². The molecule has 0 aliphatic heterocycles. The Kier molecular flexibility index (Phi) is 3.66. The quantitative estimate of drug-likeness (QED) is 0.659. The van der Waals surface area contributed by atoms with Crippen LogP contribution in [0.5, 0.6) is 5.75 Å². The van der Waals surface area contributed by atoms with E-state index in [1.165, 1.54) is 11.3 Å². The van der Waals surface area contributed by atoms with Gasteiger partial charge in [-0.3, -0.25) is 5.41 Å². The SMILES string of the molecule is N=C(N)c1ccc(OCc2ccc(Cl)s2)cc1. The molecular weight excluding hydrogens is 256 g/mol. The number of nitrogen functional groups attached to an aromatic ring is 1. The fourth-order valence-electron chi connectivity index (χ4n) is 1.31. The number of hydrogen-bond donors (Lipinski definition) is 2. The van der Waals surface area contributed by atoms with Crippen molar-refractivity contribution in [3.8, 4) is 5.75 Å². The zero-order chi connectivity index (χ0) is 12.3. The first-order valence-corrected chi connectivity index (χ1v) is 6.16. The lowest BCUT2D eigenvalue weighted by Crippen LogP contribution is -2.10. The van der Waals surface area contributed by atoms with Crippen LogP contribution in [0, 0.1) is 5.41 Å². The molecule has 2 rings (SSSR count). The molecule has 88 valence electrons. The van der Waals surface area contributed by atoms with Crippen LogP contribution in [-0.4, -0.2) is 5.84 Å². The molecule has 3 N–H and O–H groups in total. The predicted molar refractivity (Wildman–Crippen MR) is 71.1 cm³/mol. The topological polar surface area (TPSA) is 59.1 Å². The van der Waals surface area contributed by atoms with Gasteiger partial charge >= 0.3 is 0 Å². The van der Waals surface area contributed by atoms with Gasteiger partial charge < -0.3 is 10.5 Å². The Hall–Kier alpha value is -1.52. The third-order valence-corrected chi connectivity index (χ3v) is 3.38. The van der Waals surface area contributed by atoms with Crippen molar-refractivity contribution in [2.75, 3.05) is 0 Å². The average Bonchev–Trinajstić information content (AvgIpc) is 2.73. The van der Waals surface area contributed by atoms with E-state index < -0.39 is 0 Å². The molecule has 0 atom stereocenters. The molecule has 1 aromatic heterocycles. The second kappa shape index (κ2) is 5.21. The first-order chi connectivity index (χ1) is 8.15. The normalized spacial score (nSPS) is 10.2. The number of hydrogen-bond acceptors (Lipinski definition) is 3. The maximum atomic E-state index is 7.27. The number of rotatable bonds is 4. The third-order valence-electron chi connectivity index (χ3n) is 2.18. The van der Waals surface area contributed by atoms with E-state index in [1.807, 2.05) is 12.1 Å². The summed E-state index contributed by atoms with van der Waals surface area (Å²) in [6.45, 7) is 0.497. The van der Waals surface area contributed by atoms with Crippen LogP contribution in [0.3, 0.4) is 0 Å². The van der Waals surface area contributed by atoms with Gasteiger partial charge in [-0.05, 0) is 36.4 Å². The molecular formula is C12H11ClN2OS. The largest absolute Gasteiger partial charge is 0.488 e. The van der Waals surface area contributed by atoms with Crippen LogP contribution in [-0.2, 0) is 6.61 Å². The second-order valence-corrected chi connectivity index (χ2v) is 5.23. The van der Waals surface area contributed by atoms with Gasteiger partial charge in [0.25, 0.3) is 0 Å². The summed E-state index contributed by atoms with van der Waals surface area (Å²) >= 11 is 7.32. The third kappa shape index (κ3) is 3.22. The lowest BCUT2D eigenvalue weighted by Gasteiger charge is -2.05. The zero-order valence-corrected chi connectivity index (χ0v) is 10.5. The van der Waals surface area contributed by atoms with Crippen molar-refractivity contribution in [2.45, 2.75) is 6.61 Å². The molecule has 3 nitrogen and oxygen atoms in total. The molecule has 0 aliphatic rings. The van der Waals surface area contributed by atoms with Gasteiger partial charge in [0.1, 0.15) is 18.2 Å². The summed E-state index contributed by atoms with van der Waals surface area (Å²) < 4.78 is 6.34. The van der Waals surface area contributed by atoms with Crippen molar-refractivity contribution in [3.05, 3.63) is 51.2 Å². The van der Waals surface area contributed by atoms with E-state index in [0.717, 1.165) is 15.0 Å². The van der Waals surface area contributed by atoms with Crippen molar-refractivity contribution in [1.29, 1.82) is 5.41 Å². The molecule has 0 bridgehead atoms. The van der Waals surface area contributed by atoms with Gasteiger partial charge in [0.05, 0.1) is 4.34 Å². The molecule has 0 saturated heterocycles. The standard InChI is InChI=1S/C12H11ClN2OS/c13-11-6-5-10(17-11)7-16-9-3-1-8(2-4-9)12(14)15/h1-6H,7H2,(H3,14,15). The van der Waals surface area contributed by atoms with E-state index in [0.29, 0.717) is 12.2 Å². The Morgan fingerprint density at radius 3 is 2.47 bits per heavy atom. The van der Waals surface area contributed by atoms with Crippen LogP contribution in [0.2, 0.25) is 4.34 Å². The van der Waals surface area contributed by atoms with Gasteiger partial charge in [0, 0.05) is 10.4 Å². The number of thiophene rings is 1. The number of amidine groups is 1. The highest BCUT2D eigenvalue weighted by Gasteiger charge is 2.00. The molecule has 5 heteroatoms.